The van der Waals surface area contributed by atoms with E-state index >= 15 is 0 Å². The molecule has 1 saturated carbocycles. The standard InChI is InChI=1S/C17H23N5O2/c1-11-6-8-17(3,9-7-11)19-16(24)13-10-18-22(12(13)2)14-4-5-15(23)21-20-14/h4-5,10-11H,6-9H2,1-3H3,(H,19,24)(H,21,23). The molecule has 7 heteroatoms. The Labute approximate surface area is 140 Å². The first kappa shape index (κ1) is 16.4. The van der Waals surface area contributed by atoms with Crippen LogP contribution in [-0.2, 0) is 0 Å². The summed E-state index contributed by atoms with van der Waals surface area (Å²) in [6.45, 7) is 6.19. The number of carbonyl (C=O) groups excluding carboxylic acids is 1. The lowest BCUT2D eigenvalue weighted by Gasteiger charge is -2.37. The van der Waals surface area contributed by atoms with Crippen molar-refractivity contribution in [2.45, 2.75) is 52.0 Å². The third kappa shape index (κ3) is 3.25. The van der Waals surface area contributed by atoms with Gasteiger partial charge in [-0.2, -0.15) is 10.2 Å². The fourth-order valence-electron chi connectivity index (χ4n) is 3.18. The summed E-state index contributed by atoms with van der Waals surface area (Å²) in [6, 6.07) is 2.96. The van der Waals surface area contributed by atoms with Crippen LogP contribution in [0.5, 0.6) is 0 Å². The monoisotopic (exact) mass is 329 g/mol. The van der Waals surface area contributed by atoms with E-state index in [1.54, 1.807) is 16.9 Å². The molecule has 128 valence electrons. The molecule has 0 aromatic carbocycles. The molecule has 0 bridgehead atoms. The molecule has 2 aromatic rings. The number of hydrogen-bond acceptors (Lipinski definition) is 4. The maximum Gasteiger partial charge on any atom is 0.264 e. The molecule has 1 amide bonds. The minimum Gasteiger partial charge on any atom is -0.347 e. The first-order chi connectivity index (χ1) is 11.4. The molecule has 1 fully saturated rings. The zero-order valence-corrected chi connectivity index (χ0v) is 14.3. The predicted octanol–water partition coefficient (Wildman–Crippen LogP) is 1.96. The highest BCUT2D eigenvalue weighted by Gasteiger charge is 2.32. The van der Waals surface area contributed by atoms with Gasteiger partial charge in [-0.05, 0) is 51.5 Å². The third-order valence-electron chi connectivity index (χ3n) is 4.93. The molecule has 2 aromatic heterocycles. The van der Waals surface area contributed by atoms with Crippen molar-refractivity contribution in [3.8, 4) is 5.82 Å². The van der Waals surface area contributed by atoms with Gasteiger partial charge in [0, 0.05) is 11.6 Å². The van der Waals surface area contributed by atoms with Crippen LogP contribution in [0, 0.1) is 12.8 Å². The summed E-state index contributed by atoms with van der Waals surface area (Å²) in [5, 5.41) is 13.7. The number of H-pyrrole nitrogens is 1. The molecule has 2 N–H and O–H groups in total. The second-order valence-electron chi connectivity index (χ2n) is 7.03. The summed E-state index contributed by atoms with van der Waals surface area (Å²) < 4.78 is 1.55. The van der Waals surface area contributed by atoms with E-state index in [1.807, 2.05) is 6.92 Å². The van der Waals surface area contributed by atoms with Gasteiger partial charge in [-0.25, -0.2) is 9.78 Å². The van der Waals surface area contributed by atoms with E-state index in [0.717, 1.165) is 31.6 Å². The average molecular weight is 329 g/mol. The van der Waals surface area contributed by atoms with E-state index in [4.69, 9.17) is 0 Å². The lowest BCUT2D eigenvalue weighted by molar-refractivity contribution is 0.0869. The largest absolute Gasteiger partial charge is 0.347 e. The number of nitrogens with one attached hydrogen (secondary N) is 2. The zero-order chi connectivity index (χ0) is 17.3. The quantitative estimate of drug-likeness (QED) is 0.900. The highest BCUT2D eigenvalue weighted by atomic mass is 16.2. The fraction of sp³-hybridized carbons (Fsp3) is 0.529. The number of rotatable bonds is 3. The smallest absolute Gasteiger partial charge is 0.264 e. The number of nitrogens with zero attached hydrogens (tertiary/aromatic N) is 3. The van der Waals surface area contributed by atoms with Gasteiger partial charge in [-0.3, -0.25) is 9.59 Å². The molecule has 2 heterocycles. The van der Waals surface area contributed by atoms with E-state index in [9.17, 15) is 9.59 Å². The molecule has 0 aliphatic heterocycles. The molecule has 24 heavy (non-hydrogen) atoms. The summed E-state index contributed by atoms with van der Waals surface area (Å²) >= 11 is 0. The normalized spacial score (nSPS) is 23.9. The summed E-state index contributed by atoms with van der Waals surface area (Å²) in [6.07, 6.45) is 5.81. The zero-order valence-electron chi connectivity index (χ0n) is 14.3. The van der Waals surface area contributed by atoms with Crippen molar-refractivity contribution in [1.82, 2.24) is 25.3 Å². The van der Waals surface area contributed by atoms with Gasteiger partial charge in [-0.15, -0.1) is 0 Å². The summed E-state index contributed by atoms with van der Waals surface area (Å²) in [5.74, 6) is 1.09. The van der Waals surface area contributed by atoms with Gasteiger partial charge >= 0.3 is 0 Å². The molecule has 0 saturated heterocycles. The first-order valence-corrected chi connectivity index (χ1v) is 8.31. The summed E-state index contributed by atoms with van der Waals surface area (Å²) in [5.41, 5.74) is 0.789. The van der Waals surface area contributed by atoms with E-state index in [0.29, 0.717) is 17.1 Å². The van der Waals surface area contributed by atoms with Gasteiger partial charge in [0.15, 0.2) is 5.82 Å². The maximum absolute atomic E-state index is 12.7. The van der Waals surface area contributed by atoms with Crippen molar-refractivity contribution in [2.75, 3.05) is 0 Å². The average Bonchev–Trinajstić information content (AvgIpc) is 2.93. The second-order valence-corrected chi connectivity index (χ2v) is 7.03. The topological polar surface area (TPSA) is 92.7 Å². The van der Waals surface area contributed by atoms with Crippen LogP contribution >= 0.6 is 0 Å². The Morgan fingerprint density at radius 1 is 1.38 bits per heavy atom. The molecular formula is C17H23N5O2. The van der Waals surface area contributed by atoms with Crippen molar-refractivity contribution in [3.63, 3.8) is 0 Å². The summed E-state index contributed by atoms with van der Waals surface area (Å²) in [4.78, 5) is 23.8. The lowest BCUT2D eigenvalue weighted by atomic mass is 9.78. The molecule has 3 rings (SSSR count). The van der Waals surface area contributed by atoms with E-state index < -0.39 is 0 Å². The number of carbonyl (C=O) groups is 1. The van der Waals surface area contributed by atoms with Crippen LogP contribution in [0.25, 0.3) is 5.82 Å². The number of hydrogen-bond donors (Lipinski definition) is 2. The van der Waals surface area contributed by atoms with Crippen molar-refractivity contribution >= 4 is 5.91 Å². The fourth-order valence-corrected chi connectivity index (χ4v) is 3.18. The Morgan fingerprint density at radius 3 is 2.71 bits per heavy atom. The molecule has 0 unspecified atom stereocenters. The van der Waals surface area contributed by atoms with Crippen LogP contribution < -0.4 is 10.9 Å². The van der Waals surface area contributed by atoms with Gasteiger partial charge in [-0.1, -0.05) is 6.92 Å². The van der Waals surface area contributed by atoms with Crippen molar-refractivity contribution in [1.29, 1.82) is 0 Å². The maximum atomic E-state index is 12.7. The van der Waals surface area contributed by atoms with E-state index in [1.165, 1.54) is 6.07 Å². The SMILES string of the molecule is Cc1c(C(=O)NC2(C)CCC(C)CC2)cnn1-c1ccc(=O)[nH]n1. The Morgan fingerprint density at radius 2 is 2.08 bits per heavy atom. The van der Waals surface area contributed by atoms with Gasteiger partial charge in [0.05, 0.1) is 17.5 Å². The minimum atomic E-state index is -0.277. The van der Waals surface area contributed by atoms with Gasteiger partial charge < -0.3 is 5.32 Å². The predicted molar refractivity (Wildman–Crippen MR) is 90.2 cm³/mol. The van der Waals surface area contributed by atoms with Crippen LogP contribution in [0.15, 0.2) is 23.1 Å². The second kappa shape index (κ2) is 6.22. The Kier molecular flexibility index (Phi) is 4.26. The summed E-state index contributed by atoms with van der Waals surface area (Å²) in [7, 11) is 0. The molecule has 7 nitrogen and oxygen atoms in total. The van der Waals surface area contributed by atoms with Crippen molar-refractivity contribution < 1.29 is 4.79 Å². The van der Waals surface area contributed by atoms with Crippen LogP contribution in [0.4, 0.5) is 0 Å². The van der Waals surface area contributed by atoms with Crippen LogP contribution in [0.1, 0.15) is 55.6 Å². The first-order valence-electron chi connectivity index (χ1n) is 8.31. The van der Waals surface area contributed by atoms with Gasteiger partial charge in [0.25, 0.3) is 11.5 Å². The Bertz CT molecular complexity index is 779. The minimum absolute atomic E-state index is 0.111. The molecule has 0 atom stereocenters. The van der Waals surface area contributed by atoms with E-state index in [-0.39, 0.29) is 17.0 Å². The van der Waals surface area contributed by atoms with Crippen LogP contribution in [0.3, 0.4) is 0 Å². The molecule has 1 aliphatic carbocycles. The Hall–Kier alpha value is -2.44. The van der Waals surface area contributed by atoms with E-state index in [2.05, 4.69) is 34.5 Å². The molecule has 1 aliphatic rings. The number of aromatic amines is 1. The van der Waals surface area contributed by atoms with Crippen LogP contribution in [-0.4, -0.2) is 31.4 Å². The van der Waals surface area contributed by atoms with Crippen molar-refractivity contribution in [3.05, 3.63) is 39.9 Å². The highest BCUT2D eigenvalue weighted by Crippen LogP contribution is 2.31. The molecule has 0 radical (unpaired) electrons. The van der Waals surface area contributed by atoms with Crippen molar-refractivity contribution in [2.24, 2.45) is 5.92 Å². The lowest BCUT2D eigenvalue weighted by Crippen LogP contribution is -2.48. The van der Waals surface area contributed by atoms with Gasteiger partial charge in [0.2, 0.25) is 0 Å². The number of aromatic nitrogens is 4. The molecular weight excluding hydrogens is 306 g/mol. The highest BCUT2D eigenvalue weighted by molar-refractivity contribution is 5.95. The Balaban J connectivity index is 1.79. The van der Waals surface area contributed by atoms with Gasteiger partial charge in [0.1, 0.15) is 0 Å². The third-order valence-corrected chi connectivity index (χ3v) is 4.93. The number of amides is 1. The van der Waals surface area contributed by atoms with Crippen LogP contribution in [0.2, 0.25) is 0 Å². The molecule has 0 spiro atoms.